The summed E-state index contributed by atoms with van der Waals surface area (Å²) in [5.41, 5.74) is 1.35. The van der Waals surface area contributed by atoms with E-state index in [1.165, 1.54) is 24.8 Å². The van der Waals surface area contributed by atoms with Gasteiger partial charge in [0.15, 0.2) is 0 Å². The van der Waals surface area contributed by atoms with Crippen molar-refractivity contribution in [1.29, 1.82) is 0 Å². The molecular formula is C17H25Cl2N. The molecule has 112 valence electrons. The van der Waals surface area contributed by atoms with E-state index in [2.05, 4.69) is 38.2 Å². The minimum absolute atomic E-state index is 0.545. The summed E-state index contributed by atoms with van der Waals surface area (Å²) in [6.07, 6.45) is 3.89. The molecule has 0 radical (unpaired) electrons. The molecule has 1 aliphatic rings. The molecule has 20 heavy (non-hydrogen) atoms. The minimum Gasteiger partial charge on any atom is -0.314 e. The van der Waals surface area contributed by atoms with Gasteiger partial charge >= 0.3 is 0 Å². The molecule has 0 bridgehead atoms. The van der Waals surface area contributed by atoms with Crippen LogP contribution in [0.5, 0.6) is 0 Å². The first kappa shape index (κ1) is 16.1. The fourth-order valence-corrected chi connectivity index (χ4v) is 3.53. The molecule has 1 saturated carbocycles. The highest BCUT2D eigenvalue weighted by Gasteiger charge is 2.30. The molecule has 0 aliphatic heterocycles. The molecule has 2 rings (SSSR count). The van der Waals surface area contributed by atoms with Gasteiger partial charge in [0.2, 0.25) is 0 Å². The Balaban J connectivity index is 2.16. The standard InChI is InChI=1S/C17H25Cl2N/c1-11(2)20-10-14-5-4-12(3)8-15(14)13-6-7-16(18)17(19)9-13/h6-7,9,11-12,14-15,20H,4-5,8,10H2,1-3H3. The molecule has 0 heterocycles. The third-order valence-electron chi connectivity index (χ3n) is 4.42. The predicted octanol–water partition coefficient (Wildman–Crippen LogP) is 5.51. The Morgan fingerprint density at radius 1 is 1.20 bits per heavy atom. The van der Waals surface area contributed by atoms with Crippen LogP contribution in [-0.2, 0) is 0 Å². The normalized spacial score (nSPS) is 27.0. The Morgan fingerprint density at radius 2 is 1.95 bits per heavy atom. The number of nitrogens with one attached hydrogen (secondary N) is 1. The molecular weight excluding hydrogens is 289 g/mol. The number of hydrogen-bond acceptors (Lipinski definition) is 1. The van der Waals surface area contributed by atoms with Gasteiger partial charge in [0.25, 0.3) is 0 Å². The van der Waals surface area contributed by atoms with Gasteiger partial charge in [-0.25, -0.2) is 0 Å². The third kappa shape index (κ3) is 4.13. The van der Waals surface area contributed by atoms with E-state index in [1.807, 2.05) is 6.07 Å². The summed E-state index contributed by atoms with van der Waals surface area (Å²) in [6.45, 7) is 7.87. The maximum Gasteiger partial charge on any atom is 0.0595 e. The first-order valence-electron chi connectivity index (χ1n) is 7.65. The van der Waals surface area contributed by atoms with Gasteiger partial charge in [-0.1, -0.05) is 56.5 Å². The average molecular weight is 314 g/mol. The van der Waals surface area contributed by atoms with Crippen LogP contribution < -0.4 is 5.32 Å². The number of rotatable bonds is 4. The topological polar surface area (TPSA) is 12.0 Å². The van der Waals surface area contributed by atoms with Gasteiger partial charge in [0, 0.05) is 6.04 Å². The summed E-state index contributed by atoms with van der Waals surface area (Å²) in [5.74, 6) is 2.09. The van der Waals surface area contributed by atoms with Crippen LogP contribution >= 0.6 is 23.2 Å². The molecule has 3 heteroatoms. The SMILES string of the molecule is CC1CCC(CNC(C)C)C(c2ccc(Cl)c(Cl)c2)C1. The van der Waals surface area contributed by atoms with Crippen molar-refractivity contribution < 1.29 is 0 Å². The van der Waals surface area contributed by atoms with Crippen LogP contribution in [0.4, 0.5) is 0 Å². The summed E-state index contributed by atoms with van der Waals surface area (Å²) in [5, 5.41) is 4.92. The van der Waals surface area contributed by atoms with Crippen LogP contribution in [0.25, 0.3) is 0 Å². The zero-order valence-corrected chi connectivity index (χ0v) is 14.1. The molecule has 0 spiro atoms. The predicted molar refractivity (Wildman–Crippen MR) is 88.8 cm³/mol. The third-order valence-corrected chi connectivity index (χ3v) is 5.15. The second kappa shape index (κ2) is 7.15. The lowest BCUT2D eigenvalue weighted by molar-refractivity contribution is 0.238. The van der Waals surface area contributed by atoms with Gasteiger partial charge < -0.3 is 5.32 Å². The first-order valence-corrected chi connectivity index (χ1v) is 8.41. The van der Waals surface area contributed by atoms with Gasteiger partial charge in [-0.05, 0) is 54.8 Å². The van der Waals surface area contributed by atoms with Crippen LogP contribution in [0.1, 0.15) is 51.5 Å². The highest BCUT2D eigenvalue weighted by molar-refractivity contribution is 6.42. The van der Waals surface area contributed by atoms with E-state index in [9.17, 15) is 0 Å². The summed E-state index contributed by atoms with van der Waals surface area (Å²) in [7, 11) is 0. The van der Waals surface area contributed by atoms with E-state index in [4.69, 9.17) is 23.2 Å². The van der Waals surface area contributed by atoms with Crippen LogP contribution in [0.3, 0.4) is 0 Å². The quantitative estimate of drug-likeness (QED) is 0.772. The van der Waals surface area contributed by atoms with Crippen LogP contribution in [-0.4, -0.2) is 12.6 Å². The zero-order valence-electron chi connectivity index (χ0n) is 12.6. The fraction of sp³-hybridized carbons (Fsp3) is 0.647. The minimum atomic E-state index is 0.545. The van der Waals surface area contributed by atoms with E-state index in [0.29, 0.717) is 27.9 Å². The van der Waals surface area contributed by atoms with Gasteiger partial charge in [-0.2, -0.15) is 0 Å². The Labute approximate surface area is 133 Å². The number of benzene rings is 1. The Bertz CT molecular complexity index is 445. The van der Waals surface area contributed by atoms with Crippen molar-refractivity contribution in [3.05, 3.63) is 33.8 Å². The first-order chi connectivity index (χ1) is 9.47. The van der Waals surface area contributed by atoms with Crippen molar-refractivity contribution in [3.8, 4) is 0 Å². The maximum absolute atomic E-state index is 6.20. The molecule has 3 unspecified atom stereocenters. The molecule has 1 aromatic carbocycles. The molecule has 1 fully saturated rings. The second-order valence-electron chi connectivity index (χ2n) is 6.52. The highest BCUT2D eigenvalue weighted by atomic mass is 35.5. The molecule has 0 amide bonds. The van der Waals surface area contributed by atoms with Gasteiger partial charge in [0.1, 0.15) is 0 Å². The van der Waals surface area contributed by atoms with Crippen molar-refractivity contribution in [2.75, 3.05) is 6.54 Å². The van der Waals surface area contributed by atoms with E-state index in [-0.39, 0.29) is 0 Å². The zero-order chi connectivity index (χ0) is 14.7. The van der Waals surface area contributed by atoms with Crippen LogP contribution in [0.15, 0.2) is 18.2 Å². The van der Waals surface area contributed by atoms with Crippen molar-refractivity contribution in [2.24, 2.45) is 11.8 Å². The van der Waals surface area contributed by atoms with E-state index >= 15 is 0 Å². The lowest BCUT2D eigenvalue weighted by atomic mass is 9.71. The van der Waals surface area contributed by atoms with E-state index < -0.39 is 0 Å². The summed E-state index contributed by atoms with van der Waals surface area (Å²) in [6, 6.07) is 6.70. The number of hydrogen-bond donors (Lipinski definition) is 1. The van der Waals surface area contributed by atoms with Gasteiger partial charge in [-0.3, -0.25) is 0 Å². The molecule has 1 N–H and O–H groups in total. The molecule has 3 atom stereocenters. The van der Waals surface area contributed by atoms with Crippen molar-refractivity contribution in [2.45, 2.75) is 52.0 Å². The van der Waals surface area contributed by atoms with Crippen molar-refractivity contribution in [1.82, 2.24) is 5.32 Å². The average Bonchev–Trinajstić information content (AvgIpc) is 2.40. The molecule has 1 nitrogen and oxygen atoms in total. The summed E-state index contributed by atoms with van der Waals surface area (Å²) in [4.78, 5) is 0. The van der Waals surface area contributed by atoms with E-state index in [0.717, 1.165) is 12.5 Å². The smallest absolute Gasteiger partial charge is 0.0595 e. The largest absolute Gasteiger partial charge is 0.314 e. The summed E-state index contributed by atoms with van der Waals surface area (Å²) >= 11 is 12.2. The molecule has 1 aromatic rings. The van der Waals surface area contributed by atoms with Gasteiger partial charge in [0.05, 0.1) is 10.0 Å². The monoisotopic (exact) mass is 313 g/mol. The second-order valence-corrected chi connectivity index (χ2v) is 7.34. The van der Waals surface area contributed by atoms with Crippen LogP contribution in [0, 0.1) is 11.8 Å². The Kier molecular flexibility index (Phi) is 5.77. The summed E-state index contributed by atoms with van der Waals surface area (Å²) < 4.78 is 0. The maximum atomic E-state index is 6.20. The Hall–Kier alpha value is -0.240. The molecule has 0 saturated heterocycles. The lowest BCUT2D eigenvalue weighted by Crippen LogP contribution is -2.34. The Morgan fingerprint density at radius 3 is 2.60 bits per heavy atom. The van der Waals surface area contributed by atoms with Crippen molar-refractivity contribution >= 4 is 23.2 Å². The van der Waals surface area contributed by atoms with E-state index in [1.54, 1.807) is 0 Å². The number of halogens is 2. The fourth-order valence-electron chi connectivity index (χ4n) is 3.23. The lowest BCUT2D eigenvalue weighted by Gasteiger charge is -2.36. The molecule has 0 aromatic heterocycles. The van der Waals surface area contributed by atoms with Crippen LogP contribution in [0.2, 0.25) is 10.0 Å². The van der Waals surface area contributed by atoms with Gasteiger partial charge in [-0.15, -0.1) is 0 Å². The highest BCUT2D eigenvalue weighted by Crippen LogP contribution is 2.41. The van der Waals surface area contributed by atoms with Crippen molar-refractivity contribution in [3.63, 3.8) is 0 Å². The molecule has 1 aliphatic carbocycles.